The average molecular weight is 292 g/mol. The minimum absolute atomic E-state index is 0.0344. The quantitative estimate of drug-likeness (QED) is 0.794. The summed E-state index contributed by atoms with van der Waals surface area (Å²) in [4.78, 5) is 21.5. The smallest absolute Gasteiger partial charge is 0.319 e. The number of hydrogen-bond donors (Lipinski definition) is 1. The topological polar surface area (TPSA) is 88.4 Å². The van der Waals surface area contributed by atoms with Crippen molar-refractivity contribution in [2.45, 2.75) is 13.8 Å². The molecule has 0 amide bonds. The van der Waals surface area contributed by atoms with Crippen molar-refractivity contribution in [1.29, 1.82) is 5.26 Å². The van der Waals surface area contributed by atoms with Crippen molar-refractivity contribution in [2.75, 3.05) is 26.3 Å². The lowest BCUT2D eigenvalue weighted by molar-refractivity contribution is -0.143. The molecule has 0 aliphatic heterocycles. The molecule has 1 rings (SSSR count). The Labute approximate surface area is 124 Å². The van der Waals surface area contributed by atoms with Crippen molar-refractivity contribution in [1.82, 2.24) is 5.32 Å². The van der Waals surface area contributed by atoms with E-state index in [1.165, 1.54) is 0 Å². The molecule has 0 fully saturated rings. The molecule has 0 atom stereocenters. The van der Waals surface area contributed by atoms with Gasteiger partial charge in [0.2, 0.25) is 0 Å². The molecule has 0 saturated carbocycles. The molecule has 0 aliphatic carbocycles. The van der Waals surface area contributed by atoms with Crippen LogP contribution in [0.15, 0.2) is 30.3 Å². The van der Waals surface area contributed by atoms with Gasteiger partial charge in [-0.15, -0.1) is 0 Å². The molecule has 0 saturated heterocycles. The molecule has 6 heteroatoms. The van der Waals surface area contributed by atoms with Gasteiger partial charge in [-0.1, -0.05) is 18.2 Å². The fourth-order valence-corrected chi connectivity index (χ4v) is 1.20. The van der Waals surface area contributed by atoms with Crippen LogP contribution in [0, 0.1) is 11.3 Å². The van der Waals surface area contributed by atoms with E-state index in [4.69, 9.17) is 5.26 Å². The maximum atomic E-state index is 10.7. The summed E-state index contributed by atoms with van der Waals surface area (Å²) in [5.74, 6) is -0.737. The van der Waals surface area contributed by atoms with Crippen molar-refractivity contribution in [3.8, 4) is 6.07 Å². The van der Waals surface area contributed by atoms with Crippen LogP contribution in [0.25, 0.3) is 0 Å². The van der Waals surface area contributed by atoms with Gasteiger partial charge in [-0.05, 0) is 26.0 Å². The van der Waals surface area contributed by atoms with Gasteiger partial charge in [0.15, 0.2) is 0 Å². The summed E-state index contributed by atoms with van der Waals surface area (Å²) in [6, 6.07) is 11.2. The highest BCUT2D eigenvalue weighted by molar-refractivity contribution is 5.74. The van der Waals surface area contributed by atoms with Gasteiger partial charge in [0, 0.05) is 0 Å². The maximum Gasteiger partial charge on any atom is 0.319 e. The predicted molar refractivity (Wildman–Crippen MR) is 77.3 cm³/mol. The molecule has 21 heavy (non-hydrogen) atoms. The normalized spacial score (nSPS) is 8.81. The standard InChI is InChI=1S/C8H15NO4.C7H5N/c1-3-12-7(10)5-9-6-8(11)13-4-2;8-6-7-4-2-1-3-5-7/h9H,3-6H2,1-2H3;1-5H. The van der Waals surface area contributed by atoms with Crippen LogP contribution < -0.4 is 5.32 Å². The van der Waals surface area contributed by atoms with E-state index in [0.717, 1.165) is 0 Å². The summed E-state index contributed by atoms with van der Waals surface area (Å²) in [7, 11) is 0. The van der Waals surface area contributed by atoms with Gasteiger partial charge in [-0.25, -0.2) is 0 Å². The molecular weight excluding hydrogens is 272 g/mol. The molecule has 0 aromatic heterocycles. The Hall–Kier alpha value is -2.39. The summed E-state index contributed by atoms with van der Waals surface area (Å²) >= 11 is 0. The fraction of sp³-hybridized carbons (Fsp3) is 0.400. The fourth-order valence-electron chi connectivity index (χ4n) is 1.20. The van der Waals surface area contributed by atoms with Gasteiger partial charge in [0.25, 0.3) is 0 Å². The van der Waals surface area contributed by atoms with E-state index >= 15 is 0 Å². The third-order valence-corrected chi connectivity index (χ3v) is 2.05. The minimum atomic E-state index is -0.369. The highest BCUT2D eigenvalue weighted by Crippen LogP contribution is 1.93. The Morgan fingerprint density at radius 3 is 1.86 bits per heavy atom. The minimum Gasteiger partial charge on any atom is -0.465 e. The number of nitriles is 1. The summed E-state index contributed by atoms with van der Waals surface area (Å²) in [5.41, 5.74) is 0.715. The van der Waals surface area contributed by atoms with Crippen molar-refractivity contribution < 1.29 is 19.1 Å². The molecule has 0 aliphatic rings. The number of benzene rings is 1. The Balaban J connectivity index is 0.000000423. The first-order valence-corrected chi connectivity index (χ1v) is 6.61. The van der Waals surface area contributed by atoms with E-state index in [1.54, 1.807) is 26.0 Å². The SMILES string of the molecule is CCOC(=O)CNCC(=O)OCC.N#Cc1ccccc1. The molecule has 6 nitrogen and oxygen atoms in total. The molecular formula is C15H20N2O4. The largest absolute Gasteiger partial charge is 0.465 e. The second-order valence-corrected chi connectivity index (χ2v) is 3.69. The molecule has 1 aromatic carbocycles. The molecule has 0 bridgehead atoms. The Morgan fingerprint density at radius 1 is 1.05 bits per heavy atom. The summed E-state index contributed by atoms with van der Waals surface area (Å²) in [5, 5.41) is 10.9. The van der Waals surface area contributed by atoms with Crippen LogP contribution in [0.4, 0.5) is 0 Å². The summed E-state index contributed by atoms with van der Waals surface area (Å²) in [6.45, 7) is 4.21. The van der Waals surface area contributed by atoms with E-state index < -0.39 is 0 Å². The third kappa shape index (κ3) is 11.2. The second kappa shape index (κ2) is 12.6. The van der Waals surface area contributed by atoms with Gasteiger partial charge < -0.3 is 9.47 Å². The van der Waals surface area contributed by atoms with E-state index in [-0.39, 0.29) is 25.0 Å². The van der Waals surface area contributed by atoms with Crippen molar-refractivity contribution in [3.05, 3.63) is 35.9 Å². The molecule has 114 valence electrons. The van der Waals surface area contributed by atoms with Crippen molar-refractivity contribution in [3.63, 3.8) is 0 Å². The number of hydrogen-bond acceptors (Lipinski definition) is 6. The predicted octanol–water partition coefficient (Wildman–Crippen LogP) is 1.26. The van der Waals surface area contributed by atoms with Crippen molar-refractivity contribution in [2.24, 2.45) is 0 Å². The van der Waals surface area contributed by atoms with Gasteiger partial charge in [-0.3, -0.25) is 14.9 Å². The Kier molecular flexibility index (Phi) is 11.2. The lowest BCUT2D eigenvalue weighted by atomic mass is 10.2. The molecule has 0 heterocycles. The van der Waals surface area contributed by atoms with E-state index in [1.807, 2.05) is 24.3 Å². The molecule has 0 unspecified atom stereocenters. The van der Waals surface area contributed by atoms with Crippen LogP contribution in [0.1, 0.15) is 19.4 Å². The number of esters is 2. The van der Waals surface area contributed by atoms with Gasteiger partial charge in [0.1, 0.15) is 0 Å². The average Bonchev–Trinajstić information content (AvgIpc) is 2.49. The number of carbonyl (C=O) groups is 2. The number of nitrogens with one attached hydrogen (secondary N) is 1. The molecule has 1 aromatic rings. The number of ether oxygens (including phenoxy) is 2. The number of nitrogens with zero attached hydrogens (tertiary/aromatic N) is 1. The highest BCUT2D eigenvalue weighted by atomic mass is 16.5. The van der Waals surface area contributed by atoms with E-state index in [9.17, 15) is 9.59 Å². The molecule has 0 spiro atoms. The Bertz CT molecular complexity index is 436. The summed E-state index contributed by atoms with van der Waals surface area (Å²) < 4.78 is 9.26. The highest BCUT2D eigenvalue weighted by Gasteiger charge is 2.03. The van der Waals surface area contributed by atoms with Gasteiger partial charge in [-0.2, -0.15) is 5.26 Å². The second-order valence-electron chi connectivity index (χ2n) is 3.69. The maximum absolute atomic E-state index is 10.7. The number of rotatable bonds is 6. The van der Waals surface area contributed by atoms with Crippen LogP contribution in [-0.4, -0.2) is 38.2 Å². The van der Waals surface area contributed by atoms with E-state index in [2.05, 4.69) is 14.8 Å². The first-order valence-electron chi connectivity index (χ1n) is 6.61. The third-order valence-electron chi connectivity index (χ3n) is 2.05. The number of carbonyl (C=O) groups excluding carboxylic acids is 2. The van der Waals surface area contributed by atoms with Crippen LogP contribution in [0.2, 0.25) is 0 Å². The zero-order valence-corrected chi connectivity index (χ0v) is 12.3. The van der Waals surface area contributed by atoms with E-state index in [0.29, 0.717) is 18.8 Å². The first-order chi connectivity index (χ1) is 10.1. The lowest BCUT2D eigenvalue weighted by Gasteiger charge is -2.03. The molecule has 1 N–H and O–H groups in total. The lowest BCUT2D eigenvalue weighted by Crippen LogP contribution is -2.30. The van der Waals surface area contributed by atoms with Crippen LogP contribution in [0.3, 0.4) is 0 Å². The molecule has 0 radical (unpaired) electrons. The summed E-state index contributed by atoms with van der Waals surface area (Å²) in [6.07, 6.45) is 0. The Morgan fingerprint density at radius 2 is 1.52 bits per heavy atom. The van der Waals surface area contributed by atoms with Gasteiger partial charge in [0.05, 0.1) is 37.9 Å². The van der Waals surface area contributed by atoms with Gasteiger partial charge >= 0.3 is 11.9 Å². The van der Waals surface area contributed by atoms with Crippen molar-refractivity contribution >= 4 is 11.9 Å². The van der Waals surface area contributed by atoms with Crippen LogP contribution >= 0.6 is 0 Å². The zero-order valence-electron chi connectivity index (χ0n) is 12.3. The monoisotopic (exact) mass is 292 g/mol. The van der Waals surface area contributed by atoms with Crippen LogP contribution in [0.5, 0.6) is 0 Å². The first kappa shape index (κ1) is 18.6. The van der Waals surface area contributed by atoms with Crippen LogP contribution in [-0.2, 0) is 19.1 Å². The zero-order chi connectivity index (χ0) is 15.9.